The molecule has 3 aromatic rings. The molecular weight excluding hydrogens is 346 g/mol. The number of imidazole rings is 1. The number of rotatable bonds is 1. The van der Waals surface area contributed by atoms with Crippen LogP contribution in [0.3, 0.4) is 0 Å². The Balaban J connectivity index is 2.07. The summed E-state index contributed by atoms with van der Waals surface area (Å²) in [6.45, 7) is 1.95. The molecule has 0 bridgehead atoms. The fourth-order valence-electron chi connectivity index (χ4n) is 2.70. The zero-order chi connectivity index (χ0) is 15.3. The van der Waals surface area contributed by atoms with Gasteiger partial charge in [0.15, 0.2) is 11.6 Å². The highest BCUT2D eigenvalue weighted by atomic mass is 79.9. The van der Waals surface area contributed by atoms with Gasteiger partial charge in [0.1, 0.15) is 5.71 Å². The minimum Gasteiger partial charge on any atom is -0.463 e. The minimum atomic E-state index is -1.04. The highest BCUT2D eigenvalue weighted by Gasteiger charge is 2.26. The molecule has 110 valence electrons. The number of halogens is 1. The fraction of sp³-hybridized carbons (Fsp3) is 0.125. The highest BCUT2D eigenvalue weighted by Crippen LogP contribution is 2.31. The Kier molecular flexibility index (Phi) is 3.02. The molecule has 0 aliphatic carbocycles. The van der Waals surface area contributed by atoms with E-state index in [0.29, 0.717) is 17.3 Å². The zero-order valence-electron chi connectivity index (χ0n) is 11.7. The van der Waals surface area contributed by atoms with E-state index in [4.69, 9.17) is 4.42 Å². The van der Waals surface area contributed by atoms with Crippen molar-refractivity contribution >= 4 is 21.6 Å². The predicted molar refractivity (Wildman–Crippen MR) is 85.3 cm³/mol. The van der Waals surface area contributed by atoms with E-state index in [0.717, 1.165) is 21.4 Å². The number of aliphatic imine (C=N–C) groups is 1. The first-order valence-electron chi connectivity index (χ1n) is 6.79. The van der Waals surface area contributed by atoms with Gasteiger partial charge in [0, 0.05) is 21.9 Å². The van der Waals surface area contributed by atoms with Crippen LogP contribution in [0.15, 0.2) is 56.7 Å². The standard InChI is InChI=1S/C16H12BrN3O2/c1-9-8-18-15-16(21)19-14(13-3-2-6-22-13)11-7-10(17)4-5-12(11)20(9)15/h2-8,16,21H,1H3. The molecule has 2 aromatic heterocycles. The number of hydrogen-bond donors (Lipinski definition) is 1. The second-order valence-electron chi connectivity index (χ2n) is 5.08. The number of aryl methyl sites for hydroxylation is 1. The van der Waals surface area contributed by atoms with E-state index in [1.54, 1.807) is 18.5 Å². The molecule has 0 spiro atoms. The molecule has 0 amide bonds. The second-order valence-corrected chi connectivity index (χ2v) is 6.00. The summed E-state index contributed by atoms with van der Waals surface area (Å²) in [4.78, 5) is 8.73. The smallest absolute Gasteiger partial charge is 0.205 e. The van der Waals surface area contributed by atoms with Gasteiger partial charge in [-0.3, -0.25) is 4.57 Å². The molecule has 5 nitrogen and oxygen atoms in total. The number of nitrogens with zero attached hydrogens (tertiary/aromatic N) is 3. The van der Waals surface area contributed by atoms with Crippen LogP contribution < -0.4 is 0 Å². The first-order chi connectivity index (χ1) is 10.6. The van der Waals surface area contributed by atoms with Gasteiger partial charge in [-0.2, -0.15) is 0 Å². The lowest BCUT2D eigenvalue weighted by Gasteiger charge is -2.12. The molecule has 1 atom stereocenters. The minimum absolute atomic E-state index is 0.502. The quantitative estimate of drug-likeness (QED) is 0.725. The lowest BCUT2D eigenvalue weighted by molar-refractivity contribution is 0.177. The summed E-state index contributed by atoms with van der Waals surface area (Å²) in [6.07, 6.45) is 2.29. The van der Waals surface area contributed by atoms with Crippen molar-refractivity contribution in [3.05, 3.63) is 70.1 Å². The van der Waals surface area contributed by atoms with Crippen LogP contribution in [-0.2, 0) is 0 Å². The Morgan fingerprint density at radius 2 is 2.18 bits per heavy atom. The van der Waals surface area contributed by atoms with Crippen LogP contribution in [0.2, 0.25) is 0 Å². The molecule has 4 rings (SSSR count). The van der Waals surface area contributed by atoms with Crippen LogP contribution in [0.5, 0.6) is 0 Å². The van der Waals surface area contributed by atoms with Crippen molar-refractivity contribution < 1.29 is 9.52 Å². The molecule has 0 saturated heterocycles. The van der Waals surface area contributed by atoms with Crippen molar-refractivity contribution in [2.75, 3.05) is 0 Å². The van der Waals surface area contributed by atoms with Crippen LogP contribution in [0.1, 0.15) is 29.1 Å². The summed E-state index contributed by atoms with van der Waals surface area (Å²) in [5.74, 6) is 1.12. The summed E-state index contributed by atoms with van der Waals surface area (Å²) < 4.78 is 8.35. The first kappa shape index (κ1) is 13.5. The lowest BCUT2D eigenvalue weighted by atomic mass is 10.1. The number of benzene rings is 1. The third kappa shape index (κ3) is 1.95. The number of aliphatic hydroxyl groups is 1. The van der Waals surface area contributed by atoms with Gasteiger partial charge in [-0.1, -0.05) is 15.9 Å². The Labute approximate surface area is 135 Å². The monoisotopic (exact) mass is 357 g/mol. The van der Waals surface area contributed by atoms with E-state index < -0.39 is 6.23 Å². The van der Waals surface area contributed by atoms with Crippen molar-refractivity contribution in [3.8, 4) is 5.69 Å². The highest BCUT2D eigenvalue weighted by molar-refractivity contribution is 9.10. The molecule has 1 N–H and O–H groups in total. The number of hydrogen-bond acceptors (Lipinski definition) is 4. The Bertz CT molecular complexity index is 881. The van der Waals surface area contributed by atoms with Crippen molar-refractivity contribution in [1.82, 2.24) is 9.55 Å². The molecule has 6 heteroatoms. The van der Waals surface area contributed by atoms with Crippen molar-refractivity contribution in [2.45, 2.75) is 13.2 Å². The van der Waals surface area contributed by atoms with Gasteiger partial charge in [-0.15, -0.1) is 0 Å². The normalized spacial score (nSPS) is 16.7. The Morgan fingerprint density at radius 3 is 2.95 bits per heavy atom. The molecule has 1 aromatic carbocycles. The van der Waals surface area contributed by atoms with Gasteiger partial charge >= 0.3 is 0 Å². The zero-order valence-corrected chi connectivity index (χ0v) is 13.3. The van der Waals surface area contributed by atoms with Crippen molar-refractivity contribution in [2.24, 2.45) is 4.99 Å². The maximum absolute atomic E-state index is 10.4. The maximum Gasteiger partial charge on any atom is 0.205 e. The van der Waals surface area contributed by atoms with E-state index >= 15 is 0 Å². The SMILES string of the molecule is Cc1cnc2n1-c1ccc(Br)cc1C(c1ccco1)=NC2O. The van der Waals surface area contributed by atoms with E-state index in [1.165, 1.54) is 0 Å². The van der Waals surface area contributed by atoms with Gasteiger partial charge in [0.05, 0.1) is 12.0 Å². The molecule has 0 saturated carbocycles. The van der Waals surface area contributed by atoms with Gasteiger partial charge in [-0.25, -0.2) is 9.98 Å². The van der Waals surface area contributed by atoms with Gasteiger partial charge in [0.25, 0.3) is 0 Å². The number of furan rings is 1. The topological polar surface area (TPSA) is 63.5 Å². The van der Waals surface area contributed by atoms with E-state index in [-0.39, 0.29) is 0 Å². The molecule has 1 aliphatic heterocycles. The van der Waals surface area contributed by atoms with Gasteiger partial charge in [-0.05, 0) is 37.3 Å². The van der Waals surface area contributed by atoms with Crippen molar-refractivity contribution in [1.29, 1.82) is 0 Å². The van der Waals surface area contributed by atoms with Crippen molar-refractivity contribution in [3.63, 3.8) is 0 Å². The lowest BCUT2D eigenvalue weighted by Crippen LogP contribution is -2.07. The molecule has 1 unspecified atom stereocenters. The molecule has 0 radical (unpaired) electrons. The molecule has 3 heterocycles. The molecule has 22 heavy (non-hydrogen) atoms. The second kappa shape index (κ2) is 4.93. The van der Waals surface area contributed by atoms with E-state index in [1.807, 2.05) is 35.8 Å². The average Bonchev–Trinajstić information content (AvgIpc) is 3.12. The van der Waals surface area contributed by atoms with Crippen LogP contribution >= 0.6 is 15.9 Å². The summed E-state index contributed by atoms with van der Waals surface area (Å²) in [6, 6.07) is 9.54. The van der Waals surface area contributed by atoms with Gasteiger partial charge < -0.3 is 9.52 Å². The Hall–Kier alpha value is -2.18. The fourth-order valence-corrected chi connectivity index (χ4v) is 3.06. The molecule has 1 aliphatic rings. The van der Waals surface area contributed by atoms with Crippen LogP contribution in [0.4, 0.5) is 0 Å². The third-order valence-corrected chi connectivity index (χ3v) is 4.15. The van der Waals surface area contributed by atoms with Gasteiger partial charge in [0.2, 0.25) is 6.23 Å². The number of fused-ring (bicyclic) bond motifs is 3. The third-order valence-electron chi connectivity index (χ3n) is 3.66. The number of aromatic nitrogens is 2. The predicted octanol–water partition coefficient (Wildman–Crippen LogP) is 3.38. The van der Waals surface area contributed by atoms with Crippen LogP contribution in [0.25, 0.3) is 5.69 Å². The molecule has 0 fully saturated rings. The van der Waals surface area contributed by atoms with E-state index in [2.05, 4.69) is 25.9 Å². The van der Waals surface area contributed by atoms with E-state index in [9.17, 15) is 5.11 Å². The van der Waals surface area contributed by atoms with Crippen LogP contribution in [-0.4, -0.2) is 20.4 Å². The number of aliphatic hydroxyl groups excluding tert-OH is 1. The molecular formula is C16H12BrN3O2. The summed E-state index contributed by atoms with van der Waals surface area (Å²) >= 11 is 3.50. The largest absolute Gasteiger partial charge is 0.463 e. The summed E-state index contributed by atoms with van der Waals surface area (Å²) in [7, 11) is 0. The first-order valence-corrected chi connectivity index (χ1v) is 7.59. The summed E-state index contributed by atoms with van der Waals surface area (Å²) in [5, 5.41) is 10.4. The average molecular weight is 358 g/mol. The summed E-state index contributed by atoms with van der Waals surface area (Å²) in [5.41, 5.74) is 3.34. The maximum atomic E-state index is 10.4. The van der Waals surface area contributed by atoms with Crippen LogP contribution in [0, 0.1) is 6.92 Å². The Morgan fingerprint density at radius 1 is 1.32 bits per heavy atom.